The molecule has 0 spiro atoms. The number of hydrogen-bond acceptors (Lipinski definition) is 4. The van der Waals surface area contributed by atoms with E-state index in [2.05, 4.69) is 10.0 Å². The Morgan fingerprint density at radius 3 is 2.43 bits per heavy atom. The van der Waals surface area contributed by atoms with Gasteiger partial charge in [0.2, 0.25) is 10.0 Å². The van der Waals surface area contributed by atoms with E-state index in [0.29, 0.717) is 25.3 Å². The molecule has 0 aliphatic heterocycles. The van der Waals surface area contributed by atoms with Crippen molar-refractivity contribution >= 4 is 10.0 Å². The third-order valence-corrected chi connectivity index (χ3v) is 5.00. The van der Waals surface area contributed by atoms with Crippen LogP contribution >= 0.6 is 0 Å². The van der Waals surface area contributed by atoms with Gasteiger partial charge in [0.05, 0.1) is 11.5 Å². The summed E-state index contributed by atoms with van der Waals surface area (Å²) in [6, 6.07) is 4.96. The van der Waals surface area contributed by atoms with Crippen molar-refractivity contribution in [1.82, 2.24) is 10.0 Å². The molecule has 5 nitrogen and oxygen atoms in total. The molecule has 0 amide bonds. The van der Waals surface area contributed by atoms with Crippen molar-refractivity contribution < 1.29 is 13.2 Å². The zero-order chi connectivity index (χ0) is 16.1. The fourth-order valence-corrected chi connectivity index (χ4v) is 3.38. The molecule has 0 bridgehead atoms. The zero-order valence-corrected chi connectivity index (χ0v) is 14.3. The van der Waals surface area contributed by atoms with Crippen LogP contribution in [0.25, 0.3) is 0 Å². The van der Waals surface area contributed by atoms with Crippen molar-refractivity contribution in [2.75, 3.05) is 13.7 Å². The van der Waals surface area contributed by atoms with Crippen LogP contribution in [0.15, 0.2) is 23.1 Å². The standard InChI is InChI=1S/C15H26N2O3S/c1-6-15(3,4)17-21(18,19)13-8-9-14(20-7-2)12(10-13)11-16-5/h8-10,16-17H,6-7,11H2,1-5H3. The van der Waals surface area contributed by atoms with Crippen LogP contribution in [-0.2, 0) is 16.6 Å². The maximum Gasteiger partial charge on any atom is 0.241 e. The number of hydrogen-bond donors (Lipinski definition) is 2. The lowest BCUT2D eigenvalue weighted by molar-refractivity contribution is 0.335. The van der Waals surface area contributed by atoms with Gasteiger partial charge in [0.25, 0.3) is 0 Å². The molecule has 0 radical (unpaired) electrons. The van der Waals surface area contributed by atoms with E-state index in [1.165, 1.54) is 0 Å². The molecule has 120 valence electrons. The molecule has 0 saturated heterocycles. The van der Waals surface area contributed by atoms with Crippen molar-refractivity contribution in [2.24, 2.45) is 0 Å². The minimum Gasteiger partial charge on any atom is -0.494 e. The molecule has 0 aromatic heterocycles. The Hall–Kier alpha value is -1.11. The zero-order valence-electron chi connectivity index (χ0n) is 13.5. The number of benzene rings is 1. The molecule has 6 heteroatoms. The third-order valence-electron chi connectivity index (χ3n) is 3.30. The van der Waals surface area contributed by atoms with Gasteiger partial charge < -0.3 is 10.1 Å². The van der Waals surface area contributed by atoms with Crippen LogP contribution < -0.4 is 14.8 Å². The topological polar surface area (TPSA) is 67.4 Å². The van der Waals surface area contributed by atoms with Crippen LogP contribution in [0.1, 0.15) is 39.7 Å². The van der Waals surface area contributed by atoms with E-state index in [-0.39, 0.29) is 4.90 Å². The van der Waals surface area contributed by atoms with Gasteiger partial charge in [0.15, 0.2) is 0 Å². The molecule has 21 heavy (non-hydrogen) atoms. The number of sulfonamides is 1. The lowest BCUT2D eigenvalue weighted by Gasteiger charge is -2.24. The average Bonchev–Trinajstić information content (AvgIpc) is 2.40. The normalized spacial score (nSPS) is 12.4. The van der Waals surface area contributed by atoms with E-state index in [0.717, 1.165) is 5.56 Å². The third kappa shape index (κ3) is 4.98. The van der Waals surface area contributed by atoms with Gasteiger partial charge in [-0.15, -0.1) is 0 Å². The summed E-state index contributed by atoms with van der Waals surface area (Å²) >= 11 is 0. The quantitative estimate of drug-likeness (QED) is 0.772. The summed E-state index contributed by atoms with van der Waals surface area (Å²) in [5.74, 6) is 0.709. The minimum absolute atomic E-state index is 0.262. The van der Waals surface area contributed by atoms with Crippen molar-refractivity contribution in [1.29, 1.82) is 0 Å². The molecule has 1 aromatic carbocycles. The van der Waals surface area contributed by atoms with Crippen molar-refractivity contribution in [3.8, 4) is 5.75 Å². The maximum atomic E-state index is 12.5. The van der Waals surface area contributed by atoms with Crippen LogP contribution in [0.4, 0.5) is 0 Å². The molecule has 2 N–H and O–H groups in total. The average molecular weight is 314 g/mol. The summed E-state index contributed by atoms with van der Waals surface area (Å²) in [7, 11) is -1.72. The van der Waals surface area contributed by atoms with E-state index in [1.807, 2.05) is 34.7 Å². The van der Waals surface area contributed by atoms with E-state index >= 15 is 0 Å². The maximum absolute atomic E-state index is 12.5. The predicted molar refractivity (Wildman–Crippen MR) is 85.1 cm³/mol. The molecule has 0 heterocycles. The fourth-order valence-electron chi connectivity index (χ4n) is 1.84. The highest BCUT2D eigenvalue weighted by Crippen LogP contribution is 2.24. The second kappa shape index (κ2) is 7.24. The largest absolute Gasteiger partial charge is 0.494 e. The summed E-state index contributed by atoms with van der Waals surface area (Å²) in [4.78, 5) is 0.262. The Kier molecular flexibility index (Phi) is 6.19. The summed E-state index contributed by atoms with van der Waals surface area (Å²) < 4.78 is 33.2. The summed E-state index contributed by atoms with van der Waals surface area (Å²) in [5.41, 5.74) is 0.358. The van der Waals surface area contributed by atoms with Crippen molar-refractivity contribution in [3.05, 3.63) is 23.8 Å². The summed E-state index contributed by atoms with van der Waals surface area (Å²) in [6.45, 7) is 8.69. The first-order chi connectivity index (χ1) is 9.75. The Labute approximate surface area is 128 Å². The Morgan fingerprint density at radius 1 is 1.24 bits per heavy atom. The smallest absolute Gasteiger partial charge is 0.241 e. The van der Waals surface area contributed by atoms with Gasteiger partial charge in [-0.05, 0) is 52.4 Å². The highest BCUT2D eigenvalue weighted by Gasteiger charge is 2.25. The highest BCUT2D eigenvalue weighted by atomic mass is 32.2. The van der Waals surface area contributed by atoms with E-state index in [4.69, 9.17) is 4.74 Å². The Bertz CT molecular complexity index is 568. The van der Waals surface area contributed by atoms with E-state index in [1.54, 1.807) is 18.2 Å². The first kappa shape index (κ1) is 17.9. The minimum atomic E-state index is -3.54. The van der Waals surface area contributed by atoms with Gasteiger partial charge in [0.1, 0.15) is 5.75 Å². The van der Waals surface area contributed by atoms with Crippen LogP contribution in [0.5, 0.6) is 5.75 Å². The first-order valence-electron chi connectivity index (χ1n) is 7.20. The highest BCUT2D eigenvalue weighted by molar-refractivity contribution is 7.89. The van der Waals surface area contributed by atoms with Crippen LogP contribution in [0.2, 0.25) is 0 Å². The molecule has 0 unspecified atom stereocenters. The summed E-state index contributed by atoms with van der Waals surface area (Å²) in [6.07, 6.45) is 0.715. The molecule has 1 rings (SSSR count). The van der Waals surface area contributed by atoms with Gasteiger partial charge in [0, 0.05) is 17.6 Å². The van der Waals surface area contributed by atoms with E-state index in [9.17, 15) is 8.42 Å². The lowest BCUT2D eigenvalue weighted by Crippen LogP contribution is -2.42. The monoisotopic (exact) mass is 314 g/mol. The Morgan fingerprint density at radius 2 is 1.90 bits per heavy atom. The predicted octanol–water partition coefficient (Wildman–Crippen LogP) is 2.27. The van der Waals surface area contributed by atoms with Gasteiger partial charge in [-0.2, -0.15) is 0 Å². The van der Waals surface area contributed by atoms with Crippen LogP contribution in [-0.4, -0.2) is 27.6 Å². The van der Waals surface area contributed by atoms with Crippen LogP contribution in [0.3, 0.4) is 0 Å². The number of rotatable bonds is 8. The fraction of sp³-hybridized carbons (Fsp3) is 0.600. The van der Waals surface area contributed by atoms with Crippen molar-refractivity contribution in [2.45, 2.75) is 51.1 Å². The van der Waals surface area contributed by atoms with Crippen molar-refractivity contribution in [3.63, 3.8) is 0 Å². The summed E-state index contributed by atoms with van der Waals surface area (Å²) in [5, 5.41) is 3.03. The van der Waals surface area contributed by atoms with Gasteiger partial charge in [-0.1, -0.05) is 6.92 Å². The molecule has 0 saturated carbocycles. The second-order valence-electron chi connectivity index (χ2n) is 5.58. The number of nitrogens with one attached hydrogen (secondary N) is 2. The first-order valence-corrected chi connectivity index (χ1v) is 8.68. The van der Waals surface area contributed by atoms with Gasteiger partial charge in [-0.3, -0.25) is 0 Å². The van der Waals surface area contributed by atoms with Gasteiger partial charge in [-0.25, -0.2) is 13.1 Å². The SMILES string of the molecule is CCOc1ccc(S(=O)(=O)NC(C)(C)CC)cc1CNC. The molecular weight excluding hydrogens is 288 g/mol. The Balaban J connectivity index is 3.15. The molecule has 1 aromatic rings. The molecule has 0 aliphatic rings. The van der Waals surface area contributed by atoms with E-state index < -0.39 is 15.6 Å². The lowest BCUT2D eigenvalue weighted by atomic mass is 10.0. The second-order valence-corrected chi connectivity index (χ2v) is 7.26. The molecule has 0 atom stereocenters. The van der Waals surface area contributed by atoms with Gasteiger partial charge >= 0.3 is 0 Å². The molecule has 0 fully saturated rings. The molecule has 0 aliphatic carbocycles. The van der Waals surface area contributed by atoms with Crippen LogP contribution in [0, 0.1) is 0 Å². The molecular formula is C15H26N2O3S. The number of ether oxygens (including phenoxy) is 1.